The molecule has 2 aliphatic rings. The molecule has 21 heavy (non-hydrogen) atoms. The van der Waals surface area contributed by atoms with Crippen LogP contribution in [0.4, 0.5) is 4.39 Å². The molecule has 2 atom stereocenters. The molecule has 2 N–H and O–H groups in total. The molecule has 1 aromatic carbocycles. The second kappa shape index (κ2) is 6.14. The van der Waals surface area contributed by atoms with Crippen molar-refractivity contribution in [3.63, 3.8) is 0 Å². The largest absolute Gasteiger partial charge is 0.368 e. The number of halogens is 1. The van der Waals surface area contributed by atoms with E-state index in [-0.39, 0.29) is 11.4 Å². The van der Waals surface area contributed by atoms with Gasteiger partial charge in [-0.25, -0.2) is 4.39 Å². The Morgan fingerprint density at radius 3 is 2.90 bits per heavy atom. The van der Waals surface area contributed by atoms with Crippen molar-refractivity contribution in [2.24, 2.45) is 10.9 Å². The van der Waals surface area contributed by atoms with E-state index in [0.717, 1.165) is 30.9 Å². The van der Waals surface area contributed by atoms with Crippen molar-refractivity contribution >= 4 is 5.84 Å². The Morgan fingerprint density at radius 2 is 2.14 bits per heavy atom. The van der Waals surface area contributed by atoms with Crippen molar-refractivity contribution in [3.05, 3.63) is 35.6 Å². The van der Waals surface area contributed by atoms with E-state index in [1.165, 1.54) is 31.4 Å². The first-order valence-electron chi connectivity index (χ1n) is 7.99. The molecule has 1 aromatic rings. The van der Waals surface area contributed by atoms with Crippen LogP contribution < -0.4 is 10.6 Å². The minimum Gasteiger partial charge on any atom is -0.368 e. The van der Waals surface area contributed by atoms with Crippen molar-refractivity contribution in [3.8, 4) is 0 Å². The summed E-state index contributed by atoms with van der Waals surface area (Å²) in [5.74, 6) is 1.52. The number of benzene rings is 1. The van der Waals surface area contributed by atoms with Crippen LogP contribution in [0, 0.1) is 11.7 Å². The number of amidine groups is 1. The number of hydrogen-bond acceptors (Lipinski definition) is 3. The van der Waals surface area contributed by atoms with Gasteiger partial charge in [0.1, 0.15) is 11.7 Å². The van der Waals surface area contributed by atoms with E-state index in [9.17, 15) is 4.39 Å². The van der Waals surface area contributed by atoms with Crippen LogP contribution in [0.25, 0.3) is 0 Å². The van der Waals surface area contributed by atoms with Crippen molar-refractivity contribution < 1.29 is 4.39 Å². The van der Waals surface area contributed by atoms with Crippen LogP contribution in [-0.4, -0.2) is 24.5 Å². The normalized spacial score (nSPS) is 29.2. The monoisotopic (exact) mass is 289 g/mol. The van der Waals surface area contributed by atoms with Gasteiger partial charge in [0, 0.05) is 13.1 Å². The average Bonchev–Trinajstić information content (AvgIpc) is 2.51. The van der Waals surface area contributed by atoms with E-state index in [4.69, 9.17) is 4.99 Å². The first-order chi connectivity index (χ1) is 10.2. The Kier molecular flexibility index (Phi) is 4.24. The molecule has 0 unspecified atom stereocenters. The Hall–Kier alpha value is -1.42. The summed E-state index contributed by atoms with van der Waals surface area (Å²) in [6.45, 7) is 4.83. The van der Waals surface area contributed by atoms with E-state index in [2.05, 4.69) is 17.6 Å². The first-order valence-corrected chi connectivity index (χ1v) is 7.99. The second-order valence-electron chi connectivity index (χ2n) is 6.26. The molecule has 1 fully saturated rings. The summed E-state index contributed by atoms with van der Waals surface area (Å²) in [6.07, 6.45) is 4.98. The predicted octanol–water partition coefficient (Wildman–Crippen LogP) is 2.87. The number of aliphatic imine (C=N–C) groups is 1. The fourth-order valence-corrected chi connectivity index (χ4v) is 3.63. The lowest BCUT2D eigenvalue weighted by Gasteiger charge is -2.46. The highest BCUT2D eigenvalue weighted by atomic mass is 19.1. The lowest BCUT2D eigenvalue weighted by molar-refractivity contribution is 0.215. The molecule has 3 nitrogen and oxygen atoms in total. The molecule has 0 bridgehead atoms. The summed E-state index contributed by atoms with van der Waals surface area (Å²) >= 11 is 0. The topological polar surface area (TPSA) is 36.4 Å². The summed E-state index contributed by atoms with van der Waals surface area (Å²) in [5, 5.41) is 7.24. The number of nitrogens with zero attached hydrogens (tertiary/aromatic N) is 1. The van der Waals surface area contributed by atoms with Crippen LogP contribution in [0.1, 0.15) is 38.2 Å². The van der Waals surface area contributed by atoms with E-state index in [0.29, 0.717) is 12.5 Å². The van der Waals surface area contributed by atoms with Gasteiger partial charge in [0.2, 0.25) is 0 Å². The van der Waals surface area contributed by atoms with E-state index >= 15 is 0 Å². The summed E-state index contributed by atoms with van der Waals surface area (Å²) in [4.78, 5) is 4.76. The molecular weight excluding hydrogens is 265 g/mol. The molecule has 1 spiro atoms. The maximum atomic E-state index is 13.0. The summed E-state index contributed by atoms with van der Waals surface area (Å²) < 4.78 is 13.0. The van der Waals surface area contributed by atoms with E-state index in [1.54, 1.807) is 0 Å². The van der Waals surface area contributed by atoms with Crippen LogP contribution in [-0.2, 0) is 6.54 Å². The Bertz CT molecular complexity index is 511. The third kappa shape index (κ3) is 2.95. The first kappa shape index (κ1) is 14.5. The van der Waals surface area contributed by atoms with Gasteiger partial charge in [-0.1, -0.05) is 31.9 Å². The summed E-state index contributed by atoms with van der Waals surface area (Å²) in [7, 11) is 0. The molecule has 1 aliphatic carbocycles. The maximum Gasteiger partial charge on any atom is 0.123 e. The van der Waals surface area contributed by atoms with Crippen molar-refractivity contribution in [1.29, 1.82) is 0 Å². The van der Waals surface area contributed by atoms with Crippen molar-refractivity contribution in [2.75, 3.05) is 13.1 Å². The lowest BCUT2D eigenvalue weighted by Crippen LogP contribution is -2.64. The summed E-state index contributed by atoms with van der Waals surface area (Å²) in [5.41, 5.74) is 1.11. The molecule has 0 radical (unpaired) electrons. The molecule has 1 heterocycles. The fourth-order valence-electron chi connectivity index (χ4n) is 3.63. The van der Waals surface area contributed by atoms with Gasteiger partial charge in [-0.15, -0.1) is 0 Å². The SMILES string of the molecule is C[C@@H]1CCCC[C@]12NCCN=C2NCc1ccc(F)cc1. The lowest BCUT2D eigenvalue weighted by atomic mass is 9.72. The fraction of sp³-hybridized carbons (Fsp3) is 0.588. The summed E-state index contributed by atoms with van der Waals surface area (Å²) in [6, 6.07) is 6.68. The van der Waals surface area contributed by atoms with Crippen LogP contribution in [0.5, 0.6) is 0 Å². The molecule has 1 saturated carbocycles. The number of nitrogens with one attached hydrogen (secondary N) is 2. The van der Waals surface area contributed by atoms with Gasteiger partial charge >= 0.3 is 0 Å². The van der Waals surface area contributed by atoms with Gasteiger partial charge in [0.15, 0.2) is 0 Å². The predicted molar refractivity (Wildman–Crippen MR) is 83.9 cm³/mol. The highest BCUT2D eigenvalue weighted by molar-refractivity contribution is 5.92. The highest BCUT2D eigenvalue weighted by Crippen LogP contribution is 2.35. The molecule has 0 amide bonds. The Morgan fingerprint density at radius 1 is 1.33 bits per heavy atom. The molecular formula is C17H24FN3. The standard InChI is InChI=1S/C17H24FN3/c1-13-4-2-3-9-17(13)16(19-10-11-21-17)20-12-14-5-7-15(18)8-6-14/h5-8,13,21H,2-4,9-12H2,1H3,(H,19,20)/t13-,17+/m1/s1. The minimum atomic E-state index is -0.187. The van der Waals surface area contributed by atoms with E-state index in [1.807, 2.05) is 12.1 Å². The molecule has 1 aliphatic heterocycles. The maximum absolute atomic E-state index is 13.0. The van der Waals surface area contributed by atoms with E-state index < -0.39 is 0 Å². The highest BCUT2D eigenvalue weighted by Gasteiger charge is 2.43. The van der Waals surface area contributed by atoms with Crippen molar-refractivity contribution in [1.82, 2.24) is 10.6 Å². The minimum absolute atomic E-state index is 0.0243. The van der Waals surface area contributed by atoms with Gasteiger partial charge in [-0.05, 0) is 36.5 Å². The third-order valence-corrected chi connectivity index (χ3v) is 4.92. The van der Waals surface area contributed by atoms with Gasteiger partial charge in [-0.2, -0.15) is 0 Å². The van der Waals surface area contributed by atoms with Crippen LogP contribution >= 0.6 is 0 Å². The molecule has 4 heteroatoms. The quantitative estimate of drug-likeness (QED) is 0.878. The average molecular weight is 289 g/mol. The Labute approximate surface area is 126 Å². The molecule has 3 rings (SSSR count). The Balaban J connectivity index is 1.72. The van der Waals surface area contributed by atoms with Crippen LogP contribution in [0.3, 0.4) is 0 Å². The zero-order chi connectivity index (χ0) is 14.7. The third-order valence-electron chi connectivity index (χ3n) is 4.92. The zero-order valence-corrected chi connectivity index (χ0v) is 12.7. The van der Waals surface area contributed by atoms with Crippen LogP contribution in [0.15, 0.2) is 29.3 Å². The van der Waals surface area contributed by atoms with Gasteiger partial charge < -0.3 is 10.6 Å². The number of rotatable bonds is 2. The molecule has 0 aromatic heterocycles. The molecule has 114 valence electrons. The van der Waals surface area contributed by atoms with Crippen LogP contribution in [0.2, 0.25) is 0 Å². The second-order valence-corrected chi connectivity index (χ2v) is 6.26. The van der Waals surface area contributed by atoms with Crippen molar-refractivity contribution in [2.45, 2.75) is 44.7 Å². The van der Waals surface area contributed by atoms with Gasteiger partial charge in [-0.3, -0.25) is 4.99 Å². The van der Waals surface area contributed by atoms with Gasteiger partial charge in [0.05, 0.1) is 12.1 Å². The van der Waals surface area contributed by atoms with Gasteiger partial charge in [0.25, 0.3) is 0 Å². The number of hydrogen-bond donors (Lipinski definition) is 2. The zero-order valence-electron chi connectivity index (χ0n) is 12.7. The molecule has 0 saturated heterocycles. The smallest absolute Gasteiger partial charge is 0.123 e.